The first-order valence-electron chi connectivity index (χ1n) is 4.58. The zero-order valence-corrected chi connectivity index (χ0v) is 10.5. The van der Waals surface area contributed by atoms with Crippen LogP contribution in [0.3, 0.4) is 0 Å². The Balaban J connectivity index is 2.77. The molecule has 1 rings (SSSR count). The van der Waals surface area contributed by atoms with E-state index in [1.165, 1.54) is 13.3 Å². The first kappa shape index (κ1) is 13.2. The molecule has 0 spiro atoms. The van der Waals surface area contributed by atoms with Gasteiger partial charge in [-0.2, -0.15) is 0 Å². The molecule has 1 aromatic rings. The molecule has 0 saturated carbocycles. The largest absolute Gasteiger partial charge is 0.381 e. The highest BCUT2D eigenvalue weighted by molar-refractivity contribution is 7.92. The van der Waals surface area contributed by atoms with Gasteiger partial charge in [-0.1, -0.05) is 11.6 Å². The van der Waals surface area contributed by atoms with E-state index >= 15 is 0 Å². The Morgan fingerprint density at radius 3 is 2.88 bits per heavy atom. The average molecular weight is 265 g/mol. The van der Waals surface area contributed by atoms with Crippen molar-refractivity contribution in [2.75, 3.05) is 17.6 Å². The summed E-state index contributed by atoms with van der Waals surface area (Å²) in [5.74, 6) is -0.0105. The van der Waals surface area contributed by atoms with E-state index in [0.717, 1.165) is 0 Å². The molecule has 0 bridgehead atoms. The molecule has 0 saturated heterocycles. The predicted molar refractivity (Wildman–Crippen MR) is 63.1 cm³/mol. The maximum absolute atomic E-state index is 11.6. The Kier molecular flexibility index (Phi) is 4.52. The summed E-state index contributed by atoms with van der Waals surface area (Å²) < 4.78 is 30.4. The number of anilines is 1. The summed E-state index contributed by atoms with van der Waals surface area (Å²) >= 11 is 5.78. The van der Waals surface area contributed by atoms with Crippen molar-refractivity contribution in [3.63, 3.8) is 0 Å². The normalized spacial score (nSPS) is 13.4. The van der Waals surface area contributed by atoms with Gasteiger partial charge in [0.15, 0.2) is 5.82 Å². The highest BCUT2D eigenvalue weighted by atomic mass is 35.5. The standard InChI is InChI=1S/C9H13ClN2O3S/c1-7(15-2)6-16(13,14)12-9-8(10)4-3-5-11-9/h3-5,7H,6H2,1-2H3,(H,11,12). The number of nitrogens with zero attached hydrogens (tertiary/aromatic N) is 1. The lowest BCUT2D eigenvalue weighted by Crippen LogP contribution is -2.25. The molecule has 0 aromatic carbocycles. The van der Waals surface area contributed by atoms with Crippen molar-refractivity contribution in [2.45, 2.75) is 13.0 Å². The molecule has 1 heterocycles. The lowest BCUT2D eigenvalue weighted by Gasteiger charge is -2.11. The molecule has 0 aliphatic carbocycles. The molecule has 1 unspecified atom stereocenters. The van der Waals surface area contributed by atoms with Crippen molar-refractivity contribution in [1.29, 1.82) is 0 Å². The molecular formula is C9H13ClN2O3S. The first-order chi connectivity index (χ1) is 7.44. The minimum atomic E-state index is -3.49. The monoisotopic (exact) mass is 264 g/mol. The van der Waals surface area contributed by atoms with Gasteiger partial charge < -0.3 is 4.74 Å². The van der Waals surface area contributed by atoms with Crippen LogP contribution in [0, 0.1) is 0 Å². The van der Waals surface area contributed by atoms with E-state index in [4.69, 9.17) is 16.3 Å². The van der Waals surface area contributed by atoms with Gasteiger partial charge in [-0.25, -0.2) is 13.4 Å². The molecule has 7 heteroatoms. The number of sulfonamides is 1. The van der Waals surface area contributed by atoms with Crippen molar-refractivity contribution >= 4 is 27.4 Å². The second-order valence-electron chi connectivity index (χ2n) is 3.26. The van der Waals surface area contributed by atoms with Crippen molar-refractivity contribution in [1.82, 2.24) is 4.98 Å². The topological polar surface area (TPSA) is 68.3 Å². The number of ether oxygens (including phenoxy) is 1. The number of hydrogen-bond acceptors (Lipinski definition) is 4. The Labute approximate surface area is 99.8 Å². The molecule has 0 amide bonds. The van der Waals surface area contributed by atoms with Crippen LogP contribution < -0.4 is 4.72 Å². The van der Waals surface area contributed by atoms with Gasteiger partial charge in [0.1, 0.15) is 0 Å². The molecule has 5 nitrogen and oxygen atoms in total. The van der Waals surface area contributed by atoms with Gasteiger partial charge in [-0.3, -0.25) is 4.72 Å². The summed E-state index contributed by atoms with van der Waals surface area (Å²) in [4.78, 5) is 3.83. The van der Waals surface area contributed by atoms with Crippen LogP contribution in [0.15, 0.2) is 18.3 Å². The highest BCUT2D eigenvalue weighted by Gasteiger charge is 2.17. The van der Waals surface area contributed by atoms with E-state index in [1.54, 1.807) is 19.1 Å². The maximum Gasteiger partial charge on any atom is 0.236 e. The highest BCUT2D eigenvalue weighted by Crippen LogP contribution is 2.18. The molecule has 1 aromatic heterocycles. The fourth-order valence-electron chi connectivity index (χ4n) is 1.03. The lowest BCUT2D eigenvalue weighted by atomic mass is 10.5. The van der Waals surface area contributed by atoms with Crippen LogP contribution >= 0.6 is 11.6 Å². The van der Waals surface area contributed by atoms with E-state index < -0.39 is 10.0 Å². The minimum Gasteiger partial charge on any atom is -0.381 e. The predicted octanol–water partition coefficient (Wildman–Crippen LogP) is 1.51. The molecule has 1 atom stereocenters. The number of pyridine rings is 1. The summed E-state index contributed by atoms with van der Waals surface area (Å²) in [5, 5.41) is 0.260. The van der Waals surface area contributed by atoms with Gasteiger partial charge in [-0.05, 0) is 19.1 Å². The molecule has 90 valence electrons. The number of rotatable bonds is 5. The zero-order valence-electron chi connectivity index (χ0n) is 8.97. The smallest absolute Gasteiger partial charge is 0.236 e. The van der Waals surface area contributed by atoms with Gasteiger partial charge in [-0.15, -0.1) is 0 Å². The van der Waals surface area contributed by atoms with Gasteiger partial charge in [0.25, 0.3) is 0 Å². The number of aromatic nitrogens is 1. The Morgan fingerprint density at radius 1 is 1.62 bits per heavy atom. The number of halogens is 1. The fraction of sp³-hybridized carbons (Fsp3) is 0.444. The van der Waals surface area contributed by atoms with Crippen molar-refractivity contribution < 1.29 is 13.2 Å². The van der Waals surface area contributed by atoms with Gasteiger partial charge >= 0.3 is 0 Å². The Morgan fingerprint density at radius 2 is 2.31 bits per heavy atom. The van der Waals surface area contributed by atoms with Crippen LogP contribution in [0.2, 0.25) is 5.02 Å². The quantitative estimate of drug-likeness (QED) is 0.875. The SMILES string of the molecule is COC(C)CS(=O)(=O)Nc1ncccc1Cl. The Hall–Kier alpha value is -0.850. The zero-order chi connectivity index (χ0) is 12.2. The average Bonchev–Trinajstić information content (AvgIpc) is 2.20. The van der Waals surface area contributed by atoms with Crippen molar-refractivity contribution in [3.8, 4) is 0 Å². The third-order valence-corrected chi connectivity index (χ3v) is 3.58. The van der Waals surface area contributed by atoms with E-state index in [0.29, 0.717) is 0 Å². The molecular weight excluding hydrogens is 252 g/mol. The van der Waals surface area contributed by atoms with E-state index in [2.05, 4.69) is 9.71 Å². The first-order valence-corrected chi connectivity index (χ1v) is 6.61. The molecule has 1 N–H and O–H groups in total. The van der Waals surface area contributed by atoms with Crippen LogP contribution in [-0.2, 0) is 14.8 Å². The maximum atomic E-state index is 11.6. The van der Waals surface area contributed by atoms with E-state index in [9.17, 15) is 8.42 Å². The van der Waals surface area contributed by atoms with Crippen LogP contribution in [0.1, 0.15) is 6.92 Å². The van der Waals surface area contributed by atoms with Crippen molar-refractivity contribution in [3.05, 3.63) is 23.4 Å². The molecule has 0 fully saturated rings. The fourth-order valence-corrected chi connectivity index (χ4v) is 2.55. The van der Waals surface area contributed by atoms with Gasteiger partial charge in [0, 0.05) is 13.3 Å². The molecule has 0 radical (unpaired) electrons. The summed E-state index contributed by atoms with van der Waals surface area (Å²) in [6.07, 6.45) is 1.07. The third kappa shape index (κ3) is 3.96. The van der Waals surface area contributed by atoms with E-state index in [1.807, 2.05) is 0 Å². The lowest BCUT2D eigenvalue weighted by molar-refractivity contribution is 0.136. The summed E-state index contributed by atoms with van der Waals surface area (Å²) in [6, 6.07) is 3.18. The Bertz CT molecular complexity index is 450. The van der Waals surface area contributed by atoms with Gasteiger partial charge in [0.2, 0.25) is 10.0 Å². The van der Waals surface area contributed by atoms with Crippen LogP contribution in [-0.4, -0.2) is 32.4 Å². The molecule has 16 heavy (non-hydrogen) atoms. The summed E-state index contributed by atoms with van der Waals surface area (Å²) in [7, 11) is -2.04. The van der Waals surface area contributed by atoms with E-state index in [-0.39, 0.29) is 22.7 Å². The number of methoxy groups -OCH3 is 1. The minimum absolute atomic E-state index is 0.132. The second-order valence-corrected chi connectivity index (χ2v) is 5.44. The van der Waals surface area contributed by atoms with Crippen molar-refractivity contribution in [2.24, 2.45) is 0 Å². The van der Waals surface area contributed by atoms with Crippen LogP contribution in [0.25, 0.3) is 0 Å². The number of nitrogens with one attached hydrogen (secondary N) is 1. The summed E-state index contributed by atoms with van der Waals surface area (Å²) in [6.45, 7) is 1.67. The third-order valence-electron chi connectivity index (χ3n) is 1.87. The van der Waals surface area contributed by atoms with Crippen LogP contribution in [0.5, 0.6) is 0 Å². The number of hydrogen-bond donors (Lipinski definition) is 1. The van der Waals surface area contributed by atoms with Crippen LogP contribution in [0.4, 0.5) is 5.82 Å². The van der Waals surface area contributed by atoms with Gasteiger partial charge in [0.05, 0.1) is 16.9 Å². The molecule has 0 aliphatic heterocycles. The summed E-state index contributed by atoms with van der Waals surface area (Å²) in [5.41, 5.74) is 0. The molecule has 0 aliphatic rings. The second kappa shape index (κ2) is 5.47.